The first kappa shape index (κ1) is 18.0. The second-order valence-electron chi connectivity index (χ2n) is 5.65. The predicted molar refractivity (Wildman–Crippen MR) is 85.0 cm³/mol. The van der Waals surface area contributed by atoms with Crippen LogP contribution in [-0.4, -0.2) is 44.1 Å². The molecule has 0 aromatic heterocycles. The van der Waals surface area contributed by atoms with Gasteiger partial charge in [-0.2, -0.15) is 0 Å². The summed E-state index contributed by atoms with van der Waals surface area (Å²) in [6.07, 6.45) is 1.87. The molecule has 0 spiro atoms. The third kappa shape index (κ3) is 6.16. The van der Waals surface area contributed by atoms with Crippen LogP contribution in [0.4, 0.5) is 0 Å². The summed E-state index contributed by atoms with van der Waals surface area (Å²) in [5.74, 6) is 0.677. The minimum atomic E-state index is -0.381. The third-order valence-electron chi connectivity index (χ3n) is 3.24. The lowest BCUT2D eigenvalue weighted by Gasteiger charge is -2.16. The Morgan fingerprint density at radius 1 is 1.18 bits per heavy atom. The van der Waals surface area contributed by atoms with Gasteiger partial charge in [0, 0.05) is 12.6 Å². The predicted octanol–water partition coefficient (Wildman–Crippen LogP) is 2.75. The highest BCUT2D eigenvalue weighted by molar-refractivity contribution is 5.95. The lowest BCUT2D eigenvalue weighted by molar-refractivity contribution is -0.144. The van der Waals surface area contributed by atoms with E-state index >= 15 is 0 Å². The van der Waals surface area contributed by atoms with E-state index in [2.05, 4.69) is 13.8 Å². The van der Waals surface area contributed by atoms with E-state index in [1.54, 1.807) is 38.4 Å². The number of ether oxygens (including phenoxy) is 2. The molecule has 0 aliphatic heterocycles. The van der Waals surface area contributed by atoms with Gasteiger partial charge in [0.1, 0.15) is 12.3 Å². The van der Waals surface area contributed by atoms with Gasteiger partial charge in [0.05, 0.1) is 13.7 Å². The van der Waals surface area contributed by atoms with Crippen LogP contribution in [-0.2, 0) is 9.53 Å². The summed E-state index contributed by atoms with van der Waals surface area (Å²) in [4.78, 5) is 25.2. The summed E-state index contributed by atoms with van der Waals surface area (Å²) >= 11 is 0. The average molecular weight is 307 g/mol. The molecule has 0 bridgehead atoms. The molecular formula is C17H25NO4. The summed E-state index contributed by atoms with van der Waals surface area (Å²) in [6.45, 7) is 4.61. The lowest BCUT2D eigenvalue weighted by atomic mass is 10.1. The molecular weight excluding hydrogens is 282 g/mol. The Labute approximate surface area is 132 Å². The van der Waals surface area contributed by atoms with Crippen LogP contribution in [0, 0.1) is 5.92 Å². The summed E-state index contributed by atoms with van der Waals surface area (Å²) in [5.41, 5.74) is 0.510. The van der Waals surface area contributed by atoms with Gasteiger partial charge in [-0.05, 0) is 43.0 Å². The molecule has 0 saturated heterocycles. The maximum Gasteiger partial charge on any atom is 0.325 e. The molecule has 0 saturated carbocycles. The Hall–Kier alpha value is -2.04. The van der Waals surface area contributed by atoms with Crippen LogP contribution in [0.15, 0.2) is 24.3 Å². The van der Waals surface area contributed by atoms with Crippen molar-refractivity contribution in [3.05, 3.63) is 29.8 Å². The molecule has 0 aliphatic carbocycles. The number of esters is 1. The fourth-order valence-electron chi connectivity index (χ4n) is 1.94. The van der Waals surface area contributed by atoms with Crippen LogP contribution in [0.3, 0.4) is 0 Å². The molecule has 0 unspecified atom stereocenters. The number of hydrogen-bond donors (Lipinski definition) is 0. The zero-order valence-electron chi connectivity index (χ0n) is 13.8. The van der Waals surface area contributed by atoms with E-state index in [1.807, 2.05) is 0 Å². The zero-order valence-corrected chi connectivity index (χ0v) is 13.8. The fraction of sp³-hybridized carbons (Fsp3) is 0.529. The number of likely N-dealkylation sites (N-methyl/N-ethyl adjacent to an activating group) is 1. The Bertz CT molecular complexity index is 482. The second-order valence-corrected chi connectivity index (χ2v) is 5.65. The quantitative estimate of drug-likeness (QED) is 0.547. The van der Waals surface area contributed by atoms with Gasteiger partial charge in [-0.25, -0.2) is 0 Å². The number of benzene rings is 1. The van der Waals surface area contributed by atoms with Crippen molar-refractivity contribution in [1.82, 2.24) is 4.90 Å². The monoisotopic (exact) mass is 307 g/mol. The topological polar surface area (TPSA) is 55.8 Å². The van der Waals surface area contributed by atoms with Gasteiger partial charge >= 0.3 is 5.97 Å². The molecule has 0 N–H and O–H groups in total. The Morgan fingerprint density at radius 2 is 1.82 bits per heavy atom. The Balaban J connectivity index is 2.41. The number of nitrogens with zero attached hydrogens (tertiary/aromatic N) is 1. The van der Waals surface area contributed by atoms with Crippen molar-refractivity contribution in [3.8, 4) is 5.75 Å². The molecule has 5 heteroatoms. The van der Waals surface area contributed by atoms with E-state index in [9.17, 15) is 9.59 Å². The van der Waals surface area contributed by atoms with E-state index in [1.165, 1.54) is 4.90 Å². The lowest BCUT2D eigenvalue weighted by Crippen LogP contribution is -2.33. The van der Waals surface area contributed by atoms with E-state index in [-0.39, 0.29) is 18.4 Å². The summed E-state index contributed by atoms with van der Waals surface area (Å²) < 4.78 is 10.2. The molecule has 5 nitrogen and oxygen atoms in total. The number of carbonyl (C=O) groups is 2. The van der Waals surface area contributed by atoms with Gasteiger partial charge in [0.2, 0.25) is 0 Å². The number of amides is 1. The number of rotatable bonds is 8. The van der Waals surface area contributed by atoms with Gasteiger partial charge in [-0.3, -0.25) is 9.59 Å². The first-order chi connectivity index (χ1) is 10.4. The van der Waals surface area contributed by atoms with Crippen LogP contribution >= 0.6 is 0 Å². The molecule has 0 atom stereocenters. The van der Waals surface area contributed by atoms with Crippen molar-refractivity contribution in [2.75, 3.05) is 27.3 Å². The minimum Gasteiger partial charge on any atom is -0.497 e. The van der Waals surface area contributed by atoms with E-state index in [0.717, 1.165) is 12.8 Å². The maximum absolute atomic E-state index is 12.2. The number of methoxy groups -OCH3 is 1. The number of hydrogen-bond acceptors (Lipinski definition) is 4. The fourth-order valence-corrected chi connectivity index (χ4v) is 1.94. The molecule has 1 rings (SSSR count). The van der Waals surface area contributed by atoms with E-state index < -0.39 is 0 Å². The van der Waals surface area contributed by atoms with Crippen molar-refractivity contribution in [1.29, 1.82) is 0 Å². The van der Waals surface area contributed by atoms with Crippen molar-refractivity contribution in [2.24, 2.45) is 5.92 Å². The van der Waals surface area contributed by atoms with Crippen molar-refractivity contribution in [2.45, 2.75) is 26.7 Å². The average Bonchev–Trinajstić information content (AvgIpc) is 2.50. The molecule has 0 heterocycles. The summed E-state index contributed by atoms with van der Waals surface area (Å²) in [6, 6.07) is 6.77. The van der Waals surface area contributed by atoms with Crippen LogP contribution in [0.2, 0.25) is 0 Å². The first-order valence-corrected chi connectivity index (χ1v) is 7.49. The van der Waals surface area contributed by atoms with Gasteiger partial charge in [-0.15, -0.1) is 0 Å². The highest BCUT2D eigenvalue weighted by Crippen LogP contribution is 2.12. The van der Waals surface area contributed by atoms with Crippen LogP contribution < -0.4 is 4.74 Å². The van der Waals surface area contributed by atoms with Gasteiger partial charge < -0.3 is 14.4 Å². The minimum absolute atomic E-state index is 0.0491. The second kappa shape index (κ2) is 9.07. The smallest absolute Gasteiger partial charge is 0.325 e. The maximum atomic E-state index is 12.2. The molecule has 1 aromatic rings. The van der Waals surface area contributed by atoms with Gasteiger partial charge in [0.15, 0.2) is 0 Å². The summed E-state index contributed by atoms with van der Waals surface area (Å²) in [5, 5.41) is 0. The standard InChI is InChI=1S/C17H25NO4/c1-13(2)6-5-11-22-16(19)12-18(3)17(20)14-7-9-15(21-4)10-8-14/h7-10,13H,5-6,11-12H2,1-4H3. The SMILES string of the molecule is COc1ccc(C(=O)N(C)CC(=O)OCCCC(C)C)cc1. The summed E-state index contributed by atoms with van der Waals surface area (Å²) in [7, 11) is 3.15. The van der Waals surface area contributed by atoms with Crippen LogP contribution in [0.5, 0.6) is 5.75 Å². The largest absolute Gasteiger partial charge is 0.497 e. The zero-order chi connectivity index (χ0) is 16.5. The van der Waals surface area contributed by atoms with E-state index in [0.29, 0.717) is 23.8 Å². The van der Waals surface area contributed by atoms with Crippen molar-refractivity contribution >= 4 is 11.9 Å². The van der Waals surface area contributed by atoms with Crippen molar-refractivity contribution in [3.63, 3.8) is 0 Å². The number of carbonyl (C=O) groups excluding carboxylic acids is 2. The van der Waals surface area contributed by atoms with Crippen molar-refractivity contribution < 1.29 is 19.1 Å². The van der Waals surface area contributed by atoms with E-state index in [4.69, 9.17) is 9.47 Å². The molecule has 0 radical (unpaired) electrons. The highest BCUT2D eigenvalue weighted by atomic mass is 16.5. The molecule has 0 fully saturated rings. The molecule has 0 aliphatic rings. The molecule has 1 amide bonds. The highest BCUT2D eigenvalue weighted by Gasteiger charge is 2.15. The molecule has 1 aromatic carbocycles. The van der Waals surface area contributed by atoms with Crippen LogP contribution in [0.25, 0.3) is 0 Å². The van der Waals surface area contributed by atoms with Crippen LogP contribution in [0.1, 0.15) is 37.0 Å². The molecule has 22 heavy (non-hydrogen) atoms. The first-order valence-electron chi connectivity index (χ1n) is 7.49. The Morgan fingerprint density at radius 3 is 2.36 bits per heavy atom. The third-order valence-corrected chi connectivity index (χ3v) is 3.24. The normalized spacial score (nSPS) is 10.4. The molecule has 122 valence electrons. The van der Waals surface area contributed by atoms with Gasteiger partial charge in [0.25, 0.3) is 5.91 Å². The Kier molecular flexibility index (Phi) is 7.43. The van der Waals surface area contributed by atoms with Gasteiger partial charge in [-0.1, -0.05) is 13.8 Å².